The maximum absolute atomic E-state index is 12.9. The van der Waals surface area contributed by atoms with Crippen molar-refractivity contribution in [3.63, 3.8) is 0 Å². The van der Waals surface area contributed by atoms with Crippen LogP contribution in [0.25, 0.3) is 10.8 Å². The van der Waals surface area contributed by atoms with Gasteiger partial charge in [-0.25, -0.2) is 13.4 Å². The Balaban J connectivity index is 1.89. The first-order valence-corrected chi connectivity index (χ1v) is 11.9. The van der Waals surface area contributed by atoms with Crippen LogP contribution >= 0.6 is 11.3 Å². The Morgan fingerprint density at radius 2 is 1.83 bits per heavy atom. The van der Waals surface area contributed by atoms with E-state index in [9.17, 15) is 13.2 Å². The number of thiazole rings is 1. The molecule has 9 heteroatoms. The van der Waals surface area contributed by atoms with Gasteiger partial charge < -0.3 is 9.73 Å². The minimum Gasteiger partial charge on any atom is -0.459 e. The van der Waals surface area contributed by atoms with Crippen molar-refractivity contribution in [2.45, 2.75) is 39.5 Å². The summed E-state index contributed by atoms with van der Waals surface area (Å²) in [6.07, 6.45) is 0. The number of sulfonamides is 1. The number of aromatic nitrogens is 1. The van der Waals surface area contributed by atoms with Crippen molar-refractivity contribution in [1.29, 1.82) is 0 Å². The van der Waals surface area contributed by atoms with E-state index in [0.717, 1.165) is 5.76 Å². The van der Waals surface area contributed by atoms with Gasteiger partial charge in [-0.05, 0) is 50.6 Å². The molecule has 1 aromatic carbocycles. The summed E-state index contributed by atoms with van der Waals surface area (Å²) in [6, 6.07) is 8.56. The highest BCUT2D eigenvalue weighted by Crippen LogP contribution is 2.30. The van der Waals surface area contributed by atoms with Crippen LogP contribution in [-0.2, 0) is 10.0 Å². The van der Waals surface area contributed by atoms with E-state index in [2.05, 4.69) is 10.3 Å². The molecule has 1 amide bonds. The van der Waals surface area contributed by atoms with Crippen molar-refractivity contribution in [3.8, 4) is 10.8 Å². The molecular formula is C21H25N3O4S2. The van der Waals surface area contributed by atoms with Gasteiger partial charge in [0.15, 0.2) is 10.8 Å². The monoisotopic (exact) mass is 447 g/mol. The van der Waals surface area contributed by atoms with Crippen LogP contribution in [0.4, 0.5) is 5.69 Å². The molecule has 0 unspecified atom stereocenters. The van der Waals surface area contributed by atoms with Crippen LogP contribution in [0.1, 0.15) is 40.5 Å². The fourth-order valence-electron chi connectivity index (χ4n) is 3.11. The van der Waals surface area contributed by atoms with Crippen LogP contribution in [0.3, 0.4) is 0 Å². The molecule has 0 radical (unpaired) electrons. The van der Waals surface area contributed by atoms with E-state index in [1.54, 1.807) is 39.8 Å². The van der Waals surface area contributed by atoms with Crippen LogP contribution in [0.15, 0.2) is 39.6 Å². The molecule has 0 aliphatic heterocycles. The lowest BCUT2D eigenvalue weighted by Crippen LogP contribution is -2.31. The normalized spacial score (nSPS) is 11.8. The summed E-state index contributed by atoms with van der Waals surface area (Å²) >= 11 is 1.23. The van der Waals surface area contributed by atoms with Gasteiger partial charge in [-0.3, -0.25) is 4.79 Å². The van der Waals surface area contributed by atoms with Crippen LogP contribution in [0.2, 0.25) is 0 Å². The minimum absolute atomic E-state index is 0.191. The molecule has 0 bridgehead atoms. The van der Waals surface area contributed by atoms with Crippen molar-refractivity contribution in [2.24, 2.45) is 0 Å². The molecule has 30 heavy (non-hydrogen) atoms. The zero-order valence-electron chi connectivity index (χ0n) is 17.6. The Morgan fingerprint density at radius 3 is 2.43 bits per heavy atom. The molecule has 2 heterocycles. The van der Waals surface area contributed by atoms with Gasteiger partial charge in [0.2, 0.25) is 10.0 Å². The lowest BCUT2D eigenvalue weighted by Gasteiger charge is -2.20. The number of anilines is 1. The first-order chi connectivity index (χ1) is 14.2. The second-order valence-corrected chi connectivity index (χ2v) is 9.77. The summed E-state index contributed by atoms with van der Waals surface area (Å²) in [5.41, 5.74) is 1.63. The molecule has 0 aliphatic rings. The molecule has 0 atom stereocenters. The number of carbonyl (C=O) groups is 1. The average molecular weight is 448 g/mol. The van der Waals surface area contributed by atoms with E-state index in [1.165, 1.54) is 21.7 Å². The Kier molecular flexibility index (Phi) is 6.44. The fraction of sp³-hybridized carbons (Fsp3) is 0.333. The Hall–Kier alpha value is -2.49. The number of aryl methyl sites for hydroxylation is 3. The van der Waals surface area contributed by atoms with E-state index in [1.807, 2.05) is 19.1 Å². The maximum atomic E-state index is 12.9. The quantitative estimate of drug-likeness (QED) is 0.571. The van der Waals surface area contributed by atoms with E-state index in [4.69, 9.17) is 4.42 Å². The van der Waals surface area contributed by atoms with E-state index in [0.29, 0.717) is 45.7 Å². The smallest absolute Gasteiger partial charge is 0.267 e. The molecule has 1 N–H and O–H groups in total. The van der Waals surface area contributed by atoms with Gasteiger partial charge in [-0.2, -0.15) is 4.31 Å². The van der Waals surface area contributed by atoms with Crippen LogP contribution in [-0.4, -0.2) is 36.7 Å². The summed E-state index contributed by atoms with van der Waals surface area (Å²) in [4.78, 5) is 17.9. The largest absolute Gasteiger partial charge is 0.459 e. The number of rotatable bonds is 7. The van der Waals surface area contributed by atoms with Crippen molar-refractivity contribution in [2.75, 3.05) is 18.4 Å². The number of nitrogens with zero attached hydrogens (tertiary/aromatic N) is 2. The Labute approximate surface area is 180 Å². The van der Waals surface area contributed by atoms with Crippen LogP contribution in [0.5, 0.6) is 0 Å². The number of nitrogens with one attached hydrogen (secondary N) is 1. The fourth-order valence-corrected chi connectivity index (χ4v) is 5.74. The predicted molar refractivity (Wildman–Crippen MR) is 119 cm³/mol. The molecule has 0 saturated heterocycles. The summed E-state index contributed by atoms with van der Waals surface area (Å²) in [6.45, 7) is 9.70. The minimum atomic E-state index is -3.63. The van der Waals surface area contributed by atoms with Crippen LogP contribution in [0, 0.1) is 20.8 Å². The van der Waals surface area contributed by atoms with Gasteiger partial charge in [-0.1, -0.05) is 19.9 Å². The zero-order chi connectivity index (χ0) is 22.1. The van der Waals surface area contributed by atoms with Gasteiger partial charge >= 0.3 is 0 Å². The number of amides is 1. The lowest BCUT2D eigenvalue weighted by atomic mass is 10.2. The van der Waals surface area contributed by atoms with E-state index >= 15 is 0 Å². The number of furan rings is 1. The van der Waals surface area contributed by atoms with Gasteiger partial charge in [0.05, 0.1) is 10.6 Å². The van der Waals surface area contributed by atoms with Gasteiger partial charge in [0.25, 0.3) is 5.91 Å². The molecule has 3 rings (SSSR count). The number of benzene rings is 1. The third-order valence-electron chi connectivity index (χ3n) is 4.72. The molecule has 3 aromatic rings. The topological polar surface area (TPSA) is 92.5 Å². The van der Waals surface area contributed by atoms with Crippen molar-refractivity contribution < 1.29 is 17.6 Å². The van der Waals surface area contributed by atoms with Crippen molar-refractivity contribution in [3.05, 3.63) is 52.2 Å². The third kappa shape index (κ3) is 4.33. The molecule has 0 spiro atoms. The molecule has 160 valence electrons. The van der Waals surface area contributed by atoms with Crippen molar-refractivity contribution in [1.82, 2.24) is 9.29 Å². The molecular weight excluding hydrogens is 422 g/mol. The number of hydrogen-bond acceptors (Lipinski definition) is 6. The van der Waals surface area contributed by atoms with Crippen LogP contribution < -0.4 is 5.32 Å². The van der Waals surface area contributed by atoms with Gasteiger partial charge in [-0.15, -0.1) is 11.3 Å². The Morgan fingerprint density at radius 1 is 1.13 bits per heavy atom. The molecule has 0 fully saturated rings. The standard InChI is InChI=1S/C21H25N3O4S2/c1-6-24(7-2)30(26,27)18-12-16(10-8-13(18)3)23-20(25)19-15(5)22-21(29-19)17-11-9-14(4)28-17/h8-12H,6-7H2,1-5H3,(H,23,25). The van der Waals surface area contributed by atoms with Gasteiger partial charge in [0.1, 0.15) is 10.6 Å². The molecule has 2 aromatic heterocycles. The molecule has 7 nitrogen and oxygen atoms in total. The SMILES string of the molecule is CCN(CC)S(=O)(=O)c1cc(NC(=O)c2sc(-c3ccc(C)o3)nc2C)ccc1C. The zero-order valence-corrected chi connectivity index (χ0v) is 19.3. The molecule has 0 saturated carbocycles. The highest BCUT2D eigenvalue weighted by atomic mass is 32.2. The summed E-state index contributed by atoms with van der Waals surface area (Å²) in [5.74, 6) is 1.04. The van der Waals surface area contributed by atoms with E-state index < -0.39 is 10.0 Å². The summed E-state index contributed by atoms with van der Waals surface area (Å²) in [5, 5.41) is 3.43. The maximum Gasteiger partial charge on any atom is 0.267 e. The number of hydrogen-bond donors (Lipinski definition) is 1. The number of carbonyl (C=O) groups excluding carboxylic acids is 1. The first-order valence-electron chi connectivity index (χ1n) is 9.63. The molecule has 0 aliphatic carbocycles. The first kappa shape index (κ1) is 22.2. The lowest BCUT2D eigenvalue weighted by molar-refractivity contribution is 0.102. The van der Waals surface area contributed by atoms with E-state index in [-0.39, 0.29) is 10.8 Å². The predicted octanol–water partition coefficient (Wildman–Crippen LogP) is 4.61. The summed E-state index contributed by atoms with van der Waals surface area (Å²) < 4.78 is 32.9. The second kappa shape index (κ2) is 8.71. The second-order valence-electron chi connectivity index (χ2n) is 6.87. The highest BCUT2D eigenvalue weighted by Gasteiger charge is 2.24. The van der Waals surface area contributed by atoms with Gasteiger partial charge in [0, 0.05) is 18.8 Å². The average Bonchev–Trinajstić information content (AvgIpc) is 3.29. The van der Waals surface area contributed by atoms with Crippen molar-refractivity contribution >= 4 is 33.0 Å². The third-order valence-corrected chi connectivity index (χ3v) is 8.09. The highest BCUT2D eigenvalue weighted by molar-refractivity contribution is 7.89. The Bertz CT molecular complexity index is 1170. The summed E-state index contributed by atoms with van der Waals surface area (Å²) in [7, 11) is -3.63.